The largest absolute Gasteiger partial charge is 0.495 e. The SMILES string of the molecule is COc1cc(NC(=O)CC2CCCCC2)ccc1S(=O)(=O)Nc1cccc(C(F)(F)F)c1. The third kappa shape index (κ3) is 6.15. The van der Waals surface area contributed by atoms with Gasteiger partial charge in [-0.1, -0.05) is 25.3 Å². The average molecular weight is 471 g/mol. The number of anilines is 2. The first-order chi connectivity index (χ1) is 15.1. The van der Waals surface area contributed by atoms with Crippen LogP contribution < -0.4 is 14.8 Å². The summed E-state index contributed by atoms with van der Waals surface area (Å²) in [5, 5.41) is 2.76. The summed E-state index contributed by atoms with van der Waals surface area (Å²) in [5.74, 6) is 0.151. The maximum atomic E-state index is 12.9. The van der Waals surface area contributed by atoms with Crippen molar-refractivity contribution in [3.8, 4) is 5.75 Å². The molecule has 1 fully saturated rings. The Labute approximate surface area is 185 Å². The number of alkyl halides is 3. The number of carbonyl (C=O) groups is 1. The van der Waals surface area contributed by atoms with Gasteiger partial charge in [-0.15, -0.1) is 0 Å². The topological polar surface area (TPSA) is 84.5 Å². The number of hydrogen-bond acceptors (Lipinski definition) is 4. The van der Waals surface area contributed by atoms with Crippen LogP contribution in [0.25, 0.3) is 0 Å². The van der Waals surface area contributed by atoms with Crippen LogP contribution >= 0.6 is 0 Å². The molecule has 0 aromatic heterocycles. The quantitative estimate of drug-likeness (QED) is 0.566. The fourth-order valence-electron chi connectivity index (χ4n) is 3.80. The lowest BCUT2D eigenvalue weighted by Gasteiger charge is -2.21. The van der Waals surface area contributed by atoms with E-state index in [0.29, 0.717) is 24.1 Å². The number of hydrogen-bond donors (Lipinski definition) is 2. The highest BCUT2D eigenvalue weighted by atomic mass is 32.2. The zero-order chi connectivity index (χ0) is 23.4. The molecule has 0 unspecified atom stereocenters. The Morgan fingerprint density at radius 1 is 1.06 bits per heavy atom. The third-order valence-corrected chi connectivity index (χ3v) is 6.80. The molecule has 0 heterocycles. The number of halogens is 3. The van der Waals surface area contributed by atoms with E-state index in [1.165, 1.54) is 37.8 Å². The number of carbonyl (C=O) groups excluding carboxylic acids is 1. The highest BCUT2D eigenvalue weighted by Gasteiger charge is 2.31. The van der Waals surface area contributed by atoms with Gasteiger partial charge in [0.2, 0.25) is 5.91 Å². The first-order valence-electron chi connectivity index (χ1n) is 10.3. The zero-order valence-corrected chi connectivity index (χ0v) is 18.4. The predicted octanol–water partition coefficient (Wildman–Crippen LogP) is 5.42. The molecule has 10 heteroatoms. The molecule has 174 valence electrons. The van der Waals surface area contributed by atoms with E-state index in [2.05, 4.69) is 10.0 Å². The van der Waals surface area contributed by atoms with Gasteiger partial charge in [0.1, 0.15) is 10.6 Å². The predicted molar refractivity (Wildman–Crippen MR) is 115 cm³/mol. The molecular formula is C22H25F3N2O4S. The van der Waals surface area contributed by atoms with Crippen LogP contribution in [0.15, 0.2) is 47.4 Å². The summed E-state index contributed by atoms with van der Waals surface area (Å²) in [7, 11) is -2.97. The molecule has 0 saturated heterocycles. The van der Waals surface area contributed by atoms with E-state index in [1.807, 2.05) is 0 Å². The summed E-state index contributed by atoms with van der Waals surface area (Å²) in [6, 6.07) is 7.93. The van der Waals surface area contributed by atoms with E-state index in [1.54, 1.807) is 0 Å². The van der Waals surface area contributed by atoms with Crippen LogP contribution in [0.5, 0.6) is 5.75 Å². The van der Waals surface area contributed by atoms with Crippen molar-refractivity contribution in [3.63, 3.8) is 0 Å². The van der Waals surface area contributed by atoms with Crippen LogP contribution in [-0.4, -0.2) is 21.4 Å². The van der Waals surface area contributed by atoms with Crippen molar-refractivity contribution in [2.45, 2.75) is 49.6 Å². The minimum atomic E-state index is -4.60. The Morgan fingerprint density at radius 2 is 1.78 bits per heavy atom. The number of benzene rings is 2. The van der Waals surface area contributed by atoms with Crippen molar-refractivity contribution < 1.29 is 31.1 Å². The Bertz CT molecular complexity index is 1070. The standard InChI is InChI=1S/C22H25F3N2O4S/c1-31-19-14-17(26-21(28)12-15-6-3-2-4-7-15)10-11-20(19)32(29,30)27-18-9-5-8-16(13-18)22(23,24)25/h5,8-11,13-15,27H,2-4,6-7,12H2,1H3,(H,26,28). The van der Waals surface area contributed by atoms with Crippen LogP contribution in [-0.2, 0) is 21.0 Å². The molecule has 0 atom stereocenters. The number of nitrogens with one attached hydrogen (secondary N) is 2. The van der Waals surface area contributed by atoms with Gasteiger partial charge in [-0.25, -0.2) is 8.42 Å². The molecule has 2 aromatic carbocycles. The second-order valence-corrected chi connectivity index (χ2v) is 9.46. The van der Waals surface area contributed by atoms with Gasteiger partial charge in [0.15, 0.2) is 0 Å². The number of methoxy groups -OCH3 is 1. The van der Waals surface area contributed by atoms with E-state index in [9.17, 15) is 26.4 Å². The molecule has 0 spiro atoms. The minimum absolute atomic E-state index is 0.0417. The van der Waals surface area contributed by atoms with Crippen molar-refractivity contribution >= 4 is 27.3 Å². The van der Waals surface area contributed by atoms with Gasteiger partial charge in [-0.3, -0.25) is 9.52 Å². The second-order valence-electron chi connectivity index (χ2n) is 7.81. The summed E-state index contributed by atoms with van der Waals surface area (Å²) < 4.78 is 71.6. The number of ether oxygens (including phenoxy) is 1. The smallest absolute Gasteiger partial charge is 0.416 e. The third-order valence-electron chi connectivity index (χ3n) is 5.38. The van der Waals surface area contributed by atoms with Crippen molar-refractivity contribution in [3.05, 3.63) is 48.0 Å². The Kier molecular flexibility index (Phi) is 7.33. The maximum Gasteiger partial charge on any atom is 0.416 e. The van der Waals surface area contributed by atoms with Gasteiger partial charge >= 0.3 is 6.18 Å². The van der Waals surface area contributed by atoms with E-state index < -0.39 is 21.8 Å². The van der Waals surface area contributed by atoms with Gasteiger partial charge < -0.3 is 10.1 Å². The fraction of sp³-hybridized carbons (Fsp3) is 0.409. The molecule has 32 heavy (non-hydrogen) atoms. The monoisotopic (exact) mass is 470 g/mol. The lowest BCUT2D eigenvalue weighted by atomic mass is 9.87. The summed E-state index contributed by atoms with van der Waals surface area (Å²) in [4.78, 5) is 12.1. The first kappa shape index (κ1) is 23.9. The van der Waals surface area contributed by atoms with E-state index in [4.69, 9.17) is 4.74 Å². The zero-order valence-electron chi connectivity index (χ0n) is 17.5. The maximum absolute atomic E-state index is 12.9. The molecule has 0 bridgehead atoms. The summed E-state index contributed by atoms with van der Waals surface area (Å²) in [6.07, 6.45) is 1.29. The second kappa shape index (κ2) is 9.81. The summed E-state index contributed by atoms with van der Waals surface area (Å²) in [6.45, 7) is 0. The molecule has 1 saturated carbocycles. The molecule has 1 amide bonds. The van der Waals surface area contributed by atoms with Crippen molar-refractivity contribution in [1.82, 2.24) is 0 Å². The molecule has 2 N–H and O–H groups in total. The van der Waals surface area contributed by atoms with Gasteiger partial charge in [0.05, 0.1) is 12.7 Å². The van der Waals surface area contributed by atoms with E-state index in [0.717, 1.165) is 37.8 Å². The van der Waals surface area contributed by atoms with Crippen LogP contribution in [0.4, 0.5) is 24.5 Å². The Hall–Kier alpha value is -2.75. The van der Waals surface area contributed by atoms with Crippen LogP contribution in [0.1, 0.15) is 44.1 Å². The molecule has 1 aliphatic carbocycles. The fourth-order valence-corrected chi connectivity index (χ4v) is 5.00. The average Bonchev–Trinajstić information content (AvgIpc) is 2.73. The highest BCUT2D eigenvalue weighted by Crippen LogP contribution is 2.33. The summed E-state index contributed by atoms with van der Waals surface area (Å²) >= 11 is 0. The number of amides is 1. The van der Waals surface area contributed by atoms with Gasteiger partial charge in [-0.05, 0) is 49.1 Å². The molecular weight excluding hydrogens is 445 g/mol. The van der Waals surface area contributed by atoms with Crippen LogP contribution in [0.3, 0.4) is 0 Å². The Balaban J connectivity index is 1.75. The molecule has 2 aromatic rings. The molecule has 6 nitrogen and oxygen atoms in total. The normalized spacial score (nSPS) is 15.2. The molecule has 0 aliphatic heterocycles. The van der Waals surface area contributed by atoms with Crippen molar-refractivity contribution in [1.29, 1.82) is 0 Å². The van der Waals surface area contributed by atoms with E-state index >= 15 is 0 Å². The number of rotatable bonds is 7. The van der Waals surface area contributed by atoms with E-state index in [-0.39, 0.29) is 22.2 Å². The first-order valence-corrected chi connectivity index (χ1v) is 11.7. The van der Waals surface area contributed by atoms with Crippen LogP contribution in [0.2, 0.25) is 0 Å². The van der Waals surface area contributed by atoms with Crippen molar-refractivity contribution in [2.75, 3.05) is 17.1 Å². The lowest BCUT2D eigenvalue weighted by molar-refractivity contribution is -0.137. The number of sulfonamides is 1. The summed E-state index contributed by atoms with van der Waals surface area (Å²) in [5.41, 5.74) is -0.826. The molecule has 3 rings (SSSR count). The van der Waals surface area contributed by atoms with Crippen molar-refractivity contribution in [2.24, 2.45) is 5.92 Å². The minimum Gasteiger partial charge on any atom is -0.495 e. The Morgan fingerprint density at radius 3 is 2.44 bits per heavy atom. The van der Waals surface area contributed by atoms with Gasteiger partial charge in [-0.2, -0.15) is 13.2 Å². The lowest BCUT2D eigenvalue weighted by Crippen LogP contribution is -2.19. The highest BCUT2D eigenvalue weighted by molar-refractivity contribution is 7.92. The van der Waals surface area contributed by atoms with Gasteiger partial charge in [0, 0.05) is 23.9 Å². The molecule has 1 aliphatic rings. The van der Waals surface area contributed by atoms with Gasteiger partial charge in [0.25, 0.3) is 10.0 Å². The molecule has 0 radical (unpaired) electrons. The van der Waals surface area contributed by atoms with Crippen LogP contribution in [0, 0.1) is 5.92 Å².